The van der Waals surface area contributed by atoms with E-state index in [0.717, 1.165) is 5.39 Å². The zero-order valence-electron chi connectivity index (χ0n) is 15.0. The second kappa shape index (κ2) is 8.73. The van der Waals surface area contributed by atoms with Gasteiger partial charge in [-0.05, 0) is 24.3 Å². The van der Waals surface area contributed by atoms with Gasteiger partial charge >= 0.3 is 34.6 Å². The maximum Gasteiger partial charge on any atom is 2.00 e. The number of rotatable bonds is 4. The van der Waals surface area contributed by atoms with E-state index in [-0.39, 0.29) is 34.6 Å². The average Bonchev–Trinajstić information content (AvgIpc) is 3.04. The van der Waals surface area contributed by atoms with Crippen LogP contribution < -0.4 is 20.2 Å². The van der Waals surface area contributed by atoms with Crippen LogP contribution in [0.4, 0.5) is 11.6 Å². The van der Waals surface area contributed by atoms with Gasteiger partial charge in [-0.2, -0.15) is 4.99 Å². The molecule has 1 heterocycles. The molecule has 0 fully saturated rings. The molecule has 4 aromatic rings. The molecule has 0 saturated heterocycles. The molecule has 132 valence electrons. The van der Waals surface area contributed by atoms with Crippen molar-refractivity contribution in [2.75, 3.05) is 0 Å². The van der Waals surface area contributed by atoms with Crippen molar-refractivity contribution >= 4 is 58.0 Å². The molecule has 2 N–H and O–H groups in total. The van der Waals surface area contributed by atoms with Crippen molar-refractivity contribution in [1.82, 2.24) is 0 Å². The van der Waals surface area contributed by atoms with Gasteiger partial charge in [-0.1, -0.05) is 60.0 Å². The van der Waals surface area contributed by atoms with Gasteiger partial charge in [-0.15, -0.1) is 0 Å². The zero-order chi connectivity index (χ0) is 18.6. The van der Waals surface area contributed by atoms with Crippen LogP contribution in [0.15, 0.2) is 77.2 Å². The summed E-state index contributed by atoms with van der Waals surface area (Å²) in [5.41, 5.74) is 2.45. The largest absolute Gasteiger partial charge is 2.00 e. The average molecular weight is 381 g/mol. The van der Waals surface area contributed by atoms with Crippen LogP contribution in [0, 0.1) is 0 Å². The Hall–Kier alpha value is -3.09. The van der Waals surface area contributed by atoms with Crippen LogP contribution in [0.2, 0.25) is 0 Å². The van der Waals surface area contributed by atoms with E-state index in [1.807, 2.05) is 24.3 Å². The summed E-state index contributed by atoms with van der Waals surface area (Å²) in [5, 5.41) is 24.7. The zero-order valence-corrected chi connectivity index (χ0v) is 16.4. The van der Waals surface area contributed by atoms with Crippen LogP contribution in [0.5, 0.6) is 11.5 Å². The summed E-state index contributed by atoms with van der Waals surface area (Å²) in [5.74, 6) is 0.306. The van der Waals surface area contributed by atoms with Crippen LogP contribution in [-0.2, 0) is 0 Å². The summed E-state index contributed by atoms with van der Waals surface area (Å²) >= 11 is 0. The van der Waals surface area contributed by atoms with Crippen LogP contribution >= 0.6 is 0 Å². The third-order valence-corrected chi connectivity index (χ3v) is 4.16. The first kappa shape index (κ1) is 19.7. The van der Waals surface area contributed by atoms with Crippen LogP contribution in [0.25, 0.3) is 11.0 Å². The minimum absolute atomic E-state index is 0. The molecular formula is C22H16MgN2O3+2. The third-order valence-electron chi connectivity index (χ3n) is 4.16. The fourth-order valence-electron chi connectivity index (χ4n) is 2.78. The summed E-state index contributed by atoms with van der Waals surface area (Å²) in [4.78, 5) is 6.22. The molecule has 0 aliphatic rings. The monoisotopic (exact) mass is 380 g/mol. The van der Waals surface area contributed by atoms with Gasteiger partial charge in [0.15, 0.2) is 12.4 Å². The van der Waals surface area contributed by atoms with E-state index in [2.05, 4.69) is 9.98 Å². The fraction of sp³-hybridized carbons (Fsp3) is 0. The van der Waals surface area contributed by atoms with Gasteiger partial charge < -0.3 is 14.6 Å². The molecule has 28 heavy (non-hydrogen) atoms. The minimum atomic E-state index is -0.0811. The Bertz CT molecular complexity index is 1170. The van der Waals surface area contributed by atoms with Crippen molar-refractivity contribution in [1.29, 1.82) is 0 Å². The maximum absolute atomic E-state index is 11.9. The molecule has 0 aliphatic heterocycles. The van der Waals surface area contributed by atoms with E-state index < -0.39 is 0 Å². The summed E-state index contributed by atoms with van der Waals surface area (Å²) in [6, 6.07) is 21.1. The van der Waals surface area contributed by atoms with Crippen molar-refractivity contribution in [3.8, 4) is 11.5 Å². The van der Waals surface area contributed by atoms with Crippen molar-refractivity contribution < 1.29 is 24.6 Å². The van der Waals surface area contributed by atoms with Crippen LogP contribution in [-0.4, -0.2) is 35.5 Å². The minimum Gasteiger partial charge on any atom is -0.872 e. The van der Waals surface area contributed by atoms with E-state index in [9.17, 15) is 10.2 Å². The first-order chi connectivity index (χ1) is 13.2. The molecular weight excluding hydrogens is 365 g/mol. The van der Waals surface area contributed by atoms with E-state index in [0.29, 0.717) is 28.3 Å². The Balaban J connectivity index is 0.00000225. The molecule has 4 rings (SSSR count). The molecule has 0 atom stereocenters. The SMILES string of the molecule is [Mg+2].[O-]c1ccccc1C=[NH+]c1oc2ccccc2c1[NH+]=Cc1ccccc1[O-]. The number of hydrogen-bond acceptors (Lipinski definition) is 3. The maximum atomic E-state index is 11.9. The predicted molar refractivity (Wildman–Crippen MR) is 105 cm³/mol. The fourth-order valence-corrected chi connectivity index (χ4v) is 2.78. The molecule has 0 amide bonds. The normalized spacial score (nSPS) is 11.3. The van der Waals surface area contributed by atoms with Gasteiger partial charge in [0.2, 0.25) is 0 Å². The Labute approximate surface area is 177 Å². The van der Waals surface area contributed by atoms with Gasteiger partial charge in [-0.25, -0.2) is 4.99 Å². The quantitative estimate of drug-likeness (QED) is 0.382. The molecule has 0 spiro atoms. The summed E-state index contributed by atoms with van der Waals surface area (Å²) < 4.78 is 5.87. The molecule has 6 heteroatoms. The van der Waals surface area contributed by atoms with E-state index >= 15 is 0 Å². The molecule has 1 aromatic heterocycles. The summed E-state index contributed by atoms with van der Waals surface area (Å²) in [6.07, 6.45) is 3.25. The Morgan fingerprint density at radius 1 is 0.679 bits per heavy atom. The molecule has 0 bridgehead atoms. The number of nitrogens with one attached hydrogen (secondary N) is 2. The summed E-state index contributed by atoms with van der Waals surface area (Å²) in [7, 11) is 0. The standard InChI is InChI=1S/C22H16N2O3.Mg/c25-18-10-4-1-7-15(18)13-23-21-17-9-3-6-12-20(17)27-22(21)24-14-16-8-2-5-11-19(16)26;/h1-14,25-26H;/q;+2. The van der Waals surface area contributed by atoms with Gasteiger partial charge in [0.05, 0.1) is 0 Å². The van der Waals surface area contributed by atoms with Gasteiger partial charge in [0.1, 0.15) is 11.0 Å². The predicted octanol–water partition coefficient (Wildman–Crippen LogP) is -0.138. The Morgan fingerprint density at radius 3 is 1.86 bits per heavy atom. The number of fused-ring (bicyclic) bond motifs is 1. The van der Waals surface area contributed by atoms with Gasteiger partial charge in [-0.3, -0.25) is 0 Å². The third kappa shape index (κ3) is 4.08. The number of hydrogen-bond donors (Lipinski definition) is 2. The number of para-hydroxylation sites is 3. The van der Waals surface area contributed by atoms with Crippen molar-refractivity contribution in [2.45, 2.75) is 0 Å². The topological polar surface area (TPSA) is 87.2 Å². The van der Waals surface area contributed by atoms with E-state index in [4.69, 9.17) is 4.42 Å². The first-order valence-corrected chi connectivity index (χ1v) is 8.45. The molecule has 5 nitrogen and oxygen atoms in total. The van der Waals surface area contributed by atoms with Crippen molar-refractivity contribution in [3.05, 3.63) is 83.9 Å². The Kier molecular flexibility index (Phi) is 6.13. The second-order valence-electron chi connectivity index (χ2n) is 5.96. The van der Waals surface area contributed by atoms with E-state index in [1.165, 1.54) is 12.1 Å². The van der Waals surface area contributed by atoms with Crippen molar-refractivity contribution in [3.63, 3.8) is 0 Å². The molecule has 3 aromatic carbocycles. The summed E-state index contributed by atoms with van der Waals surface area (Å²) in [6.45, 7) is 0. The molecule has 0 aliphatic carbocycles. The Morgan fingerprint density at radius 2 is 1.21 bits per heavy atom. The van der Waals surface area contributed by atoms with Crippen molar-refractivity contribution in [2.24, 2.45) is 0 Å². The molecule has 0 radical (unpaired) electrons. The molecule has 0 saturated carbocycles. The van der Waals surface area contributed by atoms with Crippen LogP contribution in [0.1, 0.15) is 11.1 Å². The first-order valence-electron chi connectivity index (χ1n) is 8.45. The smallest absolute Gasteiger partial charge is 0.872 e. The van der Waals surface area contributed by atoms with Gasteiger partial charge in [0, 0.05) is 11.1 Å². The van der Waals surface area contributed by atoms with Gasteiger partial charge in [0.25, 0.3) is 0 Å². The number of benzene rings is 3. The van der Waals surface area contributed by atoms with Crippen LogP contribution in [0.3, 0.4) is 0 Å². The number of furan rings is 1. The molecule has 0 unspecified atom stereocenters. The second-order valence-corrected chi connectivity index (χ2v) is 5.96. The van der Waals surface area contributed by atoms with E-state index in [1.54, 1.807) is 48.8 Å².